The Bertz CT molecular complexity index is 668. The zero-order valence-electron chi connectivity index (χ0n) is 12.9. The molecule has 0 aliphatic carbocycles. The molecule has 0 saturated carbocycles. The predicted molar refractivity (Wildman–Crippen MR) is 95.6 cm³/mol. The molecular formula is C18H20ClN3O. The van der Waals surface area contributed by atoms with Crippen LogP contribution in [0.1, 0.15) is 12.0 Å². The van der Waals surface area contributed by atoms with Gasteiger partial charge in [0, 0.05) is 29.9 Å². The van der Waals surface area contributed by atoms with Gasteiger partial charge in [-0.15, -0.1) is 0 Å². The molecule has 0 unspecified atom stereocenters. The number of ether oxygens (including phenoxy) is 1. The zero-order chi connectivity index (χ0) is 15.9. The zero-order valence-corrected chi connectivity index (χ0v) is 13.6. The number of benzene rings is 2. The maximum absolute atomic E-state index is 5.91. The van der Waals surface area contributed by atoms with Crippen LogP contribution in [0, 0.1) is 0 Å². The Morgan fingerprint density at radius 1 is 0.913 bits per heavy atom. The fourth-order valence-corrected chi connectivity index (χ4v) is 2.55. The molecule has 1 saturated heterocycles. The van der Waals surface area contributed by atoms with Crippen molar-refractivity contribution in [2.45, 2.75) is 6.42 Å². The third-order valence-corrected chi connectivity index (χ3v) is 3.82. The molecule has 4 rings (SSSR count). The van der Waals surface area contributed by atoms with Crippen molar-refractivity contribution in [2.75, 3.05) is 26.2 Å². The van der Waals surface area contributed by atoms with E-state index in [0.29, 0.717) is 5.02 Å². The van der Waals surface area contributed by atoms with E-state index in [1.165, 1.54) is 19.5 Å². The summed E-state index contributed by atoms with van der Waals surface area (Å²) in [4.78, 5) is 4.35. The van der Waals surface area contributed by atoms with Crippen LogP contribution in [0.4, 0.5) is 5.69 Å². The topological polar surface area (TPSA) is 45.7 Å². The van der Waals surface area contributed by atoms with Gasteiger partial charge in [0.1, 0.15) is 11.4 Å². The van der Waals surface area contributed by atoms with E-state index in [9.17, 15) is 0 Å². The van der Waals surface area contributed by atoms with Crippen molar-refractivity contribution in [2.24, 2.45) is 4.99 Å². The molecule has 0 aromatic heterocycles. The molecule has 0 radical (unpaired) electrons. The van der Waals surface area contributed by atoms with Crippen LogP contribution in [0.2, 0.25) is 5.02 Å². The normalized spacial score (nSPS) is 15.9. The average molecular weight is 330 g/mol. The lowest BCUT2D eigenvalue weighted by Crippen LogP contribution is -2.21. The largest absolute Gasteiger partial charge is 0.454 e. The van der Waals surface area contributed by atoms with Crippen molar-refractivity contribution in [3.8, 4) is 11.5 Å². The van der Waals surface area contributed by atoms with Crippen molar-refractivity contribution in [1.82, 2.24) is 10.6 Å². The summed E-state index contributed by atoms with van der Waals surface area (Å²) in [6, 6.07) is 13.2. The molecule has 2 aromatic rings. The summed E-state index contributed by atoms with van der Waals surface area (Å²) in [5.74, 6) is 1.54. The van der Waals surface area contributed by atoms with Gasteiger partial charge in [-0.1, -0.05) is 23.7 Å². The number of para-hydroxylation sites is 1. The van der Waals surface area contributed by atoms with Gasteiger partial charge in [0.2, 0.25) is 0 Å². The molecule has 2 heterocycles. The van der Waals surface area contributed by atoms with Crippen LogP contribution in [0.3, 0.4) is 0 Å². The van der Waals surface area contributed by atoms with Crippen LogP contribution in [0.15, 0.2) is 47.5 Å². The van der Waals surface area contributed by atoms with Crippen LogP contribution in [0.25, 0.3) is 0 Å². The third kappa shape index (κ3) is 4.55. The first-order valence-electron chi connectivity index (χ1n) is 7.85. The minimum Gasteiger partial charge on any atom is -0.454 e. The molecule has 2 aliphatic rings. The number of nitrogens with zero attached hydrogens (tertiary/aromatic N) is 1. The van der Waals surface area contributed by atoms with Gasteiger partial charge in [-0.3, -0.25) is 4.99 Å². The summed E-state index contributed by atoms with van der Waals surface area (Å²) in [7, 11) is 0. The monoisotopic (exact) mass is 329 g/mol. The molecule has 0 atom stereocenters. The molecule has 2 N–H and O–H groups in total. The molecule has 2 aliphatic heterocycles. The third-order valence-electron chi connectivity index (χ3n) is 3.59. The summed E-state index contributed by atoms with van der Waals surface area (Å²) in [6.07, 6.45) is 3.07. The van der Waals surface area contributed by atoms with Crippen LogP contribution in [-0.2, 0) is 0 Å². The molecule has 1 fully saturated rings. The van der Waals surface area contributed by atoms with Gasteiger partial charge in [-0.25, -0.2) is 0 Å². The van der Waals surface area contributed by atoms with E-state index in [-0.39, 0.29) is 0 Å². The van der Waals surface area contributed by atoms with Gasteiger partial charge in [-0.05, 0) is 49.8 Å². The summed E-state index contributed by atoms with van der Waals surface area (Å²) >= 11 is 5.91. The molecule has 5 heteroatoms. The Morgan fingerprint density at radius 2 is 1.70 bits per heavy atom. The number of rotatable bonds is 0. The Labute approximate surface area is 141 Å². The second-order valence-electron chi connectivity index (χ2n) is 5.36. The highest BCUT2D eigenvalue weighted by molar-refractivity contribution is 6.30. The van der Waals surface area contributed by atoms with Gasteiger partial charge < -0.3 is 15.4 Å². The van der Waals surface area contributed by atoms with Crippen LogP contribution >= 0.6 is 11.6 Å². The Kier molecular flexibility index (Phi) is 5.64. The quantitative estimate of drug-likeness (QED) is 0.660. The Balaban J connectivity index is 0.000000188. The first-order chi connectivity index (χ1) is 11.3. The van der Waals surface area contributed by atoms with E-state index in [2.05, 4.69) is 15.6 Å². The summed E-state index contributed by atoms with van der Waals surface area (Å²) in [5.41, 5.74) is 1.72. The van der Waals surface area contributed by atoms with E-state index in [4.69, 9.17) is 16.3 Å². The van der Waals surface area contributed by atoms with Crippen molar-refractivity contribution in [1.29, 1.82) is 0 Å². The smallest absolute Gasteiger partial charge is 0.153 e. The van der Waals surface area contributed by atoms with Crippen LogP contribution in [0.5, 0.6) is 11.5 Å². The number of aliphatic imine (C=N–C) groups is 1. The molecule has 0 amide bonds. The number of halogens is 1. The van der Waals surface area contributed by atoms with Crippen molar-refractivity contribution >= 4 is 23.5 Å². The maximum atomic E-state index is 5.91. The van der Waals surface area contributed by atoms with Crippen molar-refractivity contribution in [3.05, 3.63) is 53.1 Å². The van der Waals surface area contributed by atoms with Gasteiger partial charge in [0.05, 0.1) is 0 Å². The lowest BCUT2D eigenvalue weighted by Gasteiger charge is -2.07. The van der Waals surface area contributed by atoms with Gasteiger partial charge in [0.15, 0.2) is 5.75 Å². The van der Waals surface area contributed by atoms with E-state index >= 15 is 0 Å². The van der Waals surface area contributed by atoms with Gasteiger partial charge in [0.25, 0.3) is 0 Å². The van der Waals surface area contributed by atoms with E-state index in [1.54, 1.807) is 18.3 Å². The molecule has 0 bridgehead atoms. The molecular weight excluding hydrogens is 310 g/mol. The number of fused-ring (bicyclic) bond motifs is 2. The minimum atomic E-state index is 0.658. The second kappa shape index (κ2) is 8.11. The summed E-state index contributed by atoms with van der Waals surface area (Å²) < 4.78 is 5.77. The molecule has 120 valence electrons. The highest BCUT2D eigenvalue weighted by atomic mass is 35.5. The molecule has 4 nitrogen and oxygen atoms in total. The highest BCUT2D eigenvalue weighted by Crippen LogP contribution is 2.37. The summed E-state index contributed by atoms with van der Waals surface area (Å²) in [6.45, 7) is 4.65. The van der Waals surface area contributed by atoms with E-state index in [0.717, 1.165) is 35.8 Å². The van der Waals surface area contributed by atoms with Crippen molar-refractivity contribution < 1.29 is 4.74 Å². The van der Waals surface area contributed by atoms with Crippen LogP contribution < -0.4 is 15.4 Å². The van der Waals surface area contributed by atoms with Crippen molar-refractivity contribution in [3.63, 3.8) is 0 Å². The summed E-state index contributed by atoms with van der Waals surface area (Å²) in [5, 5.41) is 7.23. The highest BCUT2D eigenvalue weighted by Gasteiger charge is 2.10. The standard InChI is InChI=1S/C13H8ClNO.C5H12N2/c14-10-5-6-13-11(7-10)15-8-9-3-1-2-4-12(9)16-13;1-2-6-4-5-7-3-1/h1-8H;6-7H,1-5H2. The molecule has 23 heavy (non-hydrogen) atoms. The second-order valence-corrected chi connectivity index (χ2v) is 5.80. The minimum absolute atomic E-state index is 0.658. The van der Waals surface area contributed by atoms with Gasteiger partial charge in [-0.2, -0.15) is 0 Å². The lowest BCUT2D eigenvalue weighted by atomic mass is 10.2. The number of hydrogen-bond acceptors (Lipinski definition) is 4. The number of nitrogens with one attached hydrogen (secondary N) is 2. The lowest BCUT2D eigenvalue weighted by molar-refractivity contribution is 0.485. The fourth-order valence-electron chi connectivity index (χ4n) is 2.38. The Morgan fingerprint density at radius 3 is 2.52 bits per heavy atom. The SMILES string of the molecule is C1CNCCNC1.Clc1ccc2c(c1)N=Cc1ccccc1O2. The first kappa shape index (κ1) is 16.0. The average Bonchev–Trinajstić information content (AvgIpc) is 2.97. The van der Waals surface area contributed by atoms with Crippen LogP contribution in [-0.4, -0.2) is 32.4 Å². The number of hydrogen-bond donors (Lipinski definition) is 2. The fraction of sp³-hybridized carbons (Fsp3) is 0.278. The predicted octanol–water partition coefficient (Wildman–Crippen LogP) is 3.77. The Hall–Kier alpha value is -1.88. The molecule has 2 aromatic carbocycles. The van der Waals surface area contributed by atoms with E-state index in [1.807, 2.05) is 30.3 Å². The van der Waals surface area contributed by atoms with Gasteiger partial charge >= 0.3 is 0 Å². The molecule has 0 spiro atoms. The maximum Gasteiger partial charge on any atom is 0.153 e. The van der Waals surface area contributed by atoms with E-state index < -0.39 is 0 Å². The first-order valence-corrected chi connectivity index (χ1v) is 8.23.